The molecule has 2 N–H and O–H groups in total. The van der Waals surface area contributed by atoms with Crippen LogP contribution in [0.15, 0.2) is 54.1 Å². The second kappa shape index (κ2) is 8.63. The summed E-state index contributed by atoms with van der Waals surface area (Å²) in [6.45, 7) is 5.33. The van der Waals surface area contributed by atoms with Crippen LogP contribution < -0.4 is 10.0 Å². The standard InChI is InChI=1S/C16H18N4O3S2/c1-3-10-24-11-15(21)19-13-4-6-14(7-5-13)25(22,23)20-16-17-9-8-12(2)18-16/h3-9H,1,10-11H2,2H3,(H,19,21)(H,17,18,20). The fourth-order valence-corrected chi connectivity index (χ4v) is 3.32. The Kier molecular flexibility index (Phi) is 6.54. The maximum Gasteiger partial charge on any atom is 0.264 e. The summed E-state index contributed by atoms with van der Waals surface area (Å²) in [6.07, 6.45) is 3.20. The van der Waals surface area contributed by atoms with Crippen LogP contribution in [-0.2, 0) is 14.8 Å². The zero-order chi connectivity index (χ0) is 18.3. The molecule has 0 unspecified atom stereocenters. The number of hydrogen-bond acceptors (Lipinski definition) is 6. The molecule has 1 heterocycles. The SMILES string of the molecule is C=CCSCC(=O)Nc1ccc(S(=O)(=O)Nc2nccc(C)n2)cc1. The van der Waals surface area contributed by atoms with Crippen molar-refractivity contribution in [3.8, 4) is 0 Å². The first-order chi connectivity index (χ1) is 11.9. The largest absolute Gasteiger partial charge is 0.325 e. The Bertz CT molecular complexity index is 852. The molecule has 0 aliphatic carbocycles. The van der Waals surface area contributed by atoms with Crippen molar-refractivity contribution in [3.05, 3.63) is 54.9 Å². The van der Waals surface area contributed by atoms with Crippen LogP contribution in [0.1, 0.15) is 5.69 Å². The molecule has 1 aromatic carbocycles. The van der Waals surface area contributed by atoms with Gasteiger partial charge in [0.05, 0.1) is 10.6 Å². The lowest BCUT2D eigenvalue weighted by molar-refractivity contribution is -0.113. The van der Waals surface area contributed by atoms with Crippen LogP contribution in [0, 0.1) is 6.92 Å². The number of benzene rings is 1. The third-order valence-corrected chi connectivity index (χ3v) is 5.22. The van der Waals surface area contributed by atoms with Crippen LogP contribution in [0.25, 0.3) is 0 Å². The number of nitrogens with zero attached hydrogens (tertiary/aromatic N) is 2. The molecule has 0 aliphatic rings. The number of amides is 1. The van der Waals surface area contributed by atoms with Crippen LogP contribution in [0.2, 0.25) is 0 Å². The van der Waals surface area contributed by atoms with Crippen molar-refractivity contribution in [3.63, 3.8) is 0 Å². The summed E-state index contributed by atoms with van der Waals surface area (Å²) in [7, 11) is -3.80. The maximum atomic E-state index is 12.3. The molecule has 0 radical (unpaired) electrons. The summed E-state index contributed by atoms with van der Waals surface area (Å²) in [5.41, 5.74) is 1.18. The molecule has 0 spiro atoms. The van der Waals surface area contributed by atoms with Gasteiger partial charge >= 0.3 is 0 Å². The Hall–Kier alpha value is -2.39. The summed E-state index contributed by atoms with van der Waals surface area (Å²) < 4.78 is 27.0. The van der Waals surface area contributed by atoms with Crippen molar-refractivity contribution in [2.24, 2.45) is 0 Å². The highest BCUT2D eigenvalue weighted by atomic mass is 32.2. The lowest BCUT2D eigenvalue weighted by atomic mass is 10.3. The first-order valence-corrected chi connectivity index (χ1v) is 9.95. The van der Waals surface area contributed by atoms with Crippen molar-refractivity contribution in [2.45, 2.75) is 11.8 Å². The number of anilines is 2. The second-order valence-corrected chi connectivity index (χ2v) is 7.72. The summed E-state index contributed by atoms with van der Waals surface area (Å²) in [5.74, 6) is 0.848. The van der Waals surface area contributed by atoms with E-state index in [2.05, 4.69) is 26.6 Å². The maximum absolute atomic E-state index is 12.3. The normalized spacial score (nSPS) is 10.9. The van der Waals surface area contributed by atoms with E-state index in [1.807, 2.05) is 0 Å². The first kappa shape index (κ1) is 18.9. The van der Waals surface area contributed by atoms with Gasteiger partial charge in [0.1, 0.15) is 0 Å². The molecule has 1 amide bonds. The van der Waals surface area contributed by atoms with E-state index in [4.69, 9.17) is 0 Å². The van der Waals surface area contributed by atoms with E-state index in [1.54, 1.807) is 19.1 Å². The molecule has 0 atom stereocenters. The number of aromatic nitrogens is 2. The lowest BCUT2D eigenvalue weighted by Gasteiger charge is -2.08. The molecule has 0 saturated carbocycles. The van der Waals surface area contributed by atoms with Gasteiger partial charge in [0.2, 0.25) is 11.9 Å². The fourth-order valence-electron chi connectivity index (χ4n) is 1.83. The van der Waals surface area contributed by atoms with Gasteiger partial charge in [-0.05, 0) is 37.3 Å². The van der Waals surface area contributed by atoms with Gasteiger partial charge in [0, 0.05) is 23.3 Å². The predicted molar refractivity (Wildman–Crippen MR) is 100 cm³/mol. The number of hydrogen-bond donors (Lipinski definition) is 2. The average Bonchev–Trinajstić information content (AvgIpc) is 2.55. The van der Waals surface area contributed by atoms with Gasteiger partial charge in [0.15, 0.2) is 0 Å². The minimum absolute atomic E-state index is 0.0108. The van der Waals surface area contributed by atoms with Gasteiger partial charge in [0.25, 0.3) is 10.0 Å². The van der Waals surface area contributed by atoms with E-state index in [1.165, 1.54) is 42.2 Å². The highest BCUT2D eigenvalue weighted by Gasteiger charge is 2.15. The fraction of sp³-hybridized carbons (Fsp3) is 0.188. The summed E-state index contributed by atoms with van der Waals surface area (Å²) in [6, 6.07) is 7.54. The Balaban J connectivity index is 2.03. The summed E-state index contributed by atoms with van der Waals surface area (Å²) >= 11 is 1.44. The zero-order valence-electron chi connectivity index (χ0n) is 13.6. The summed E-state index contributed by atoms with van der Waals surface area (Å²) in [5, 5.41) is 2.70. The number of aryl methyl sites for hydroxylation is 1. The number of sulfonamides is 1. The van der Waals surface area contributed by atoms with Crippen molar-refractivity contribution >= 4 is 39.3 Å². The number of nitrogens with one attached hydrogen (secondary N) is 2. The number of carbonyl (C=O) groups excluding carboxylic acids is 1. The molecule has 132 valence electrons. The smallest absolute Gasteiger partial charge is 0.264 e. The summed E-state index contributed by atoms with van der Waals surface area (Å²) in [4.78, 5) is 19.7. The average molecular weight is 378 g/mol. The molecular weight excluding hydrogens is 360 g/mol. The molecule has 0 saturated heterocycles. The minimum Gasteiger partial charge on any atom is -0.325 e. The number of rotatable bonds is 8. The Labute approximate surface area is 151 Å². The Morgan fingerprint density at radius 1 is 1.28 bits per heavy atom. The van der Waals surface area contributed by atoms with Gasteiger partial charge in [-0.3, -0.25) is 4.79 Å². The number of carbonyl (C=O) groups is 1. The van der Waals surface area contributed by atoms with Crippen molar-refractivity contribution in [1.82, 2.24) is 9.97 Å². The highest BCUT2D eigenvalue weighted by Crippen LogP contribution is 2.17. The van der Waals surface area contributed by atoms with Crippen LogP contribution in [0.3, 0.4) is 0 Å². The van der Waals surface area contributed by atoms with Gasteiger partial charge < -0.3 is 5.32 Å². The molecule has 1 aromatic heterocycles. The van der Waals surface area contributed by atoms with Crippen LogP contribution >= 0.6 is 11.8 Å². The van der Waals surface area contributed by atoms with Crippen LogP contribution in [0.5, 0.6) is 0 Å². The molecule has 2 aromatic rings. The third kappa shape index (κ3) is 5.87. The predicted octanol–water partition coefficient (Wildman–Crippen LogP) is 2.44. The van der Waals surface area contributed by atoms with E-state index in [-0.39, 0.29) is 16.8 Å². The molecule has 0 fully saturated rings. The van der Waals surface area contributed by atoms with Crippen LogP contribution in [0.4, 0.5) is 11.6 Å². The van der Waals surface area contributed by atoms with Gasteiger partial charge in [-0.1, -0.05) is 6.08 Å². The van der Waals surface area contributed by atoms with Crippen LogP contribution in [-0.4, -0.2) is 35.8 Å². The van der Waals surface area contributed by atoms with Gasteiger partial charge in [-0.2, -0.15) is 0 Å². The molecule has 2 rings (SSSR count). The van der Waals surface area contributed by atoms with Gasteiger partial charge in [-0.25, -0.2) is 23.1 Å². The first-order valence-electron chi connectivity index (χ1n) is 7.32. The van der Waals surface area contributed by atoms with E-state index in [9.17, 15) is 13.2 Å². The Morgan fingerprint density at radius 3 is 2.64 bits per heavy atom. The van der Waals surface area contributed by atoms with E-state index >= 15 is 0 Å². The van der Waals surface area contributed by atoms with Gasteiger partial charge in [-0.15, -0.1) is 18.3 Å². The third-order valence-electron chi connectivity index (χ3n) is 2.94. The molecule has 7 nitrogen and oxygen atoms in total. The zero-order valence-corrected chi connectivity index (χ0v) is 15.2. The van der Waals surface area contributed by atoms with Crippen molar-refractivity contribution in [2.75, 3.05) is 21.5 Å². The molecule has 0 bridgehead atoms. The second-order valence-electron chi connectivity index (χ2n) is 5.00. The van der Waals surface area contributed by atoms with E-state index in [0.29, 0.717) is 22.9 Å². The topological polar surface area (TPSA) is 101 Å². The molecule has 0 aliphatic heterocycles. The van der Waals surface area contributed by atoms with E-state index < -0.39 is 10.0 Å². The minimum atomic E-state index is -3.80. The van der Waals surface area contributed by atoms with Crippen molar-refractivity contribution in [1.29, 1.82) is 0 Å². The number of thioether (sulfide) groups is 1. The Morgan fingerprint density at radius 2 is 2.00 bits per heavy atom. The molecule has 25 heavy (non-hydrogen) atoms. The monoisotopic (exact) mass is 378 g/mol. The lowest BCUT2D eigenvalue weighted by Crippen LogP contribution is -2.16. The quantitative estimate of drug-likeness (QED) is 0.540. The molecule has 9 heteroatoms. The van der Waals surface area contributed by atoms with E-state index in [0.717, 1.165) is 0 Å². The van der Waals surface area contributed by atoms with Crippen molar-refractivity contribution < 1.29 is 13.2 Å². The molecular formula is C16H18N4O3S2. The highest BCUT2D eigenvalue weighted by molar-refractivity contribution is 8.00.